The van der Waals surface area contributed by atoms with Crippen LogP contribution in [-0.4, -0.2) is 19.6 Å². The first-order chi connectivity index (χ1) is 9.76. The molecule has 2 nitrogen and oxygen atoms in total. The molecular formula is C17H25BrN2. The minimum Gasteiger partial charge on any atom is -0.371 e. The zero-order valence-electron chi connectivity index (χ0n) is 12.4. The Morgan fingerprint density at radius 3 is 2.35 bits per heavy atom. The summed E-state index contributed by atoms with van der Waals surface area (Å²) in [7, 11) is 0. The van der Waals surface area contributed by atoms with Gasteiger partial charge in [-0.3, -0.25) is 0 Å². The van der Waals surface area contributed by atoms with Crippen molar-refractivity contribution in [1.82, 2.24) is 5.32 Å². The van der Waals surface area contributed by atoms with E-state index in [1.807, 2.05) is 0 Å². The predicted molar refractivity (Wildman–Crippen MR) is 89.2 cm³/mol. The molecule has 0 radical (unpaired) electrons. The summed E-state index contributed by atoms with van der Waals surface area (Å²) in [6, 6.07) is 6.76. The Bertz CT molecular complexity index is 438. The normalized spacial score (nSPS) is 18.3. The maximum absolute atomic E-state index is 3.65. The average Bonchev–Trinajstić information content (AvgIpc) is 3.32. The Morgan fingerprint density at radius 1 is 1.15 bits per heavy atom. The summed E-state index contributed by atoms with van der Waals surface area (Å²) in [5.41, 5.74) is 2.88. The highest BCUT2D eigenvalue weighted by Gasteiger charge is 2.30. The van der Waals surface area contributed by atoms with Gasteiger partial charge in [0.1, 0.15) is 0 Å². The van der Waals surface area contributed by atoms with Gasteiger partial charge in [-0.2, -0.15) is 0 Å². The van der Waals surface area contributed by atoms with Gasteiger partial charge in [0.15, 0.2) is 0 Å². The van der Waals surface area contributed by atoms with Crippen molar-refractivity contribution < 1.29 is 0 Å². The van der Waals surface area contributed by atoms with Gasteiger partial charge >= 0.3 is 0 Å². The number of hydrogen-bond acceptors (Lipinski definition) is 2. The van der Waals surface area contributed by atoms with Crippen LogP contribution in [0.2, 0.25) is 0 Å². The van der Waals surface area contributed by atoms with E-state index in [0.29, 0.717) is 0 Å². The van der Waals surface area contributed by atoms with E-state index in [9.17, 15) is 0 Å². The van der Waals surface area contributed by atoms with E-state index in [4.69, 9.17) is 0 Å². The van der Waals surface area contributed by atoms with Gasteiger partial charge in [-0.15, -0.1) is 0 Å². The number of hydrogen-bond donors (Lipinski definition) is 1. The Hall–Kier alpha value is -0.540. The Morgan fingerprint density at radius 2 is 1.80 bits per heavy atom. The summed E-state index contributed by atoms with van der Waals surface area (Å²) < 4.78 is 1.20. The lowest BCUT2D eigenvalue weighted by molar-refractivity contribution is 0.667. The summed E-state index contributed by atoms with van der Waals surface area (Å²) in [5.74, 6) is 1.89. The largest absolute Gasteiger partial charge is 0.371 e. The van der Waals surface area contributed by atoms with Crippen molar-refractivity contribution in [2.75, 3.05) is 24.5 Å². The third-order valence-electron chi connectivity index (χ3n) is 4.30. The van der Waals surface area contributed by atoms with Crippen molar-refractivity contribution in [3.8, 4) is 0 Å². The molecule has 110 valence electrons. The molecule has 0 unspecified atom stereocenters. The first kappa shape index (κ1) is 14.4. The highest BCUT2D eigenvalue weighted by Crippen LogP contribution is 2.37. The summed E-state index contributed by atoms with van der Waals surface area (Å²) in [6.07, 6.45) is 5.71. The van der Waals surface area contributed by atoms with Crippen molar-refractivity contribution in [1.29, 1.82) is 0 Å². The van der Waals surface area contributed by atoms with E-state index < -0.39 is 0 Å². The number of nitrogens with one attached hydrogen (secondary N) is 1. The number of benzene rings is 1. The van der Waals surface area contributed by atoms with Gasteiger partial charge in [-0.25, -0.2) is 0 Å². The van der Waals surface area contributed by atoms with E-state index >= 15 is 0 Å². The summed E-state index contributed by atoms with van der Waals surface area (Å²) >= 11 is 3.65. The molecule has 2 aliphatic rings. The van der Waals surface area contributed by atoms with Gasteiger partial charge < -0.3 is 10.2 Å². The fourth-order valence-corrected chi connectivity index (χ4v) is 3.08. The fourth-order valence-electron chi connectivity index (χ4n) is 2.74. The molecule has 0 spiro atoms. The number of halogens is 1. The third kappa shape index (κ3) is 3.98. The van der Waals surface area contributed by atoms with Crippen LogP contribution in [0.25, 0.3) is 0 Å². The first-order valence-corrected chi connectivity index (χ1v) is 8.79. The van der Waals surface area contributed by atoms with Crippen LogP contribution in [0.5, 0.6) is 0 Å². The molecule has 0 aromatic heterocycles. The zero-order valence-corrected chi connectivity index (χ0v) is 14.0. The van der Waals surface area contributed by atoms with Gasteiger partial charge in [-0.1, -0.05) is 28.9 Å². The van der Waals surface area contributed by atoms with Gasteiger partial charge in [0.2, 0.25) is 0 Å². The molecule has 0 saturated heterocycles. The van der Waals surface area contributed by atoms with E-state index in [2.05, 4.69) is 51.3 Å². The number of anilines is 1. The predicted octanol–water partition coefficient (Wildman–Crippen LogP) is 4.19. The van der Waals surface area contributed by atoms with Crippen LogP contribution in [0, 0.1) is 11.8 Å². The van der Waals surface area contributed by atoms with E-state index in [1.54, 1.807) is 0 Å². The number of nitrogens with zero attached hydrogens (tertiary/aromatic N) is 1. The van der Waals surface area contributed by atoms with Crippen LogP contribution < -0.4 is 10.2 Å². The second-order valence-corrected chi connectivity index (χ2v) is 7.26. The lowest BCUT2D eigenvalue weighted by atomic mass is 10.1. The molecule has 3 rings (SSSR count). The lowest BCUT2D eigenvalue weighted by Crippen LogP contribution is -2.29. The monoisotopic (exact) mass is 336 g/mol. The topological polar surface area (TPSA) is 15.3 Å². The highest BCUT2D eigenvalue weighted by atomic mass is 79.9. The molecule has 3 heteroatoms. The fraction of sp³-hybridized carbons (Fsp3) is 0.647. The smallest absolute Gasteiger partial charge is 0.0423 e. The number of rotatable bonds is 8. The van der Waals surface area contributed by atoms with Crippen molar-refractivity contribution in [3.05, 3.63) is 28.2 Å². The molecule has 2 saturated carbocycles. The molecule has 0 heterocycles. The van der Waals surface area contributed by atoms with E-state index in [0.717, 1.165) is 24.9 Å². The van der Waals surface area contributed by atoms with Crippen molar-refractivity contribution in [2.45, 2.75) is 39.2 Å². The summed E-state index contributed by atoms with van der Waals surface area (Å²) in [4.78, 5) is 2.66. The summed E-state index contributed by atoms with van der Waals surface area (Å²) in [6.45, 7) is 6.69. The maximum atomic E-state index is 3.65. The van der Waals surface area contributed by atoms with Crippen LogP contribution in [0.1, 0.15) is 38.2 Å². The molecule has 1 aromatic rings. The van der Waals surface area contributed by atoms with Gasteiger partial charge in [-0.05, 0) is 61.8 Å². The molecule has 2 aliphatic carbocycles. The van der Waals surface area contributed by atoms with Crippen LogP contribution in [0.3, 0.4) is 0 Å². The molecule has 0 atom stereocenters. The quantitative estimate of drug-likeness (QED) is 0.765. The van der Waals surface area contributed by atoms with E-state index in [-0.39, 0.29) is 0 Å². The minimum absolute atomic E-state index is 0.944. The van der Waals surface area contributed by atoms with Crippen LogP contribution >= 0.6 is 15.9 Å². The van der Waals surface area contributed by atoms with Crippen molar-refractivity contribution in [3.63, 3.8) is 0 Å². The molecule has 2 fully saturated rings. The molecule has 0 aliphatic heterocycles. The lowest BCUT2D eigenvalue weighted by Gasteiger charge is -2.28. The molecule has 1 N–H and O–H groups in total. The Balaban J connectivity index is 1.79. The zero-order chi connectivity index (χ0) is 13.9. The molecule has 1 aromatic carbocycles. The average molecular weight is 337 g/mol. The summed E-state index contributed by atoms with van der Waals surface area (Å²) in [5, 5.41) is 3.48. The van der Waals surface area contributed by atoms with Gasteiger partial charge in [0, 0.05) is 29.8 Å². The SMILES string of the molecule is CCNCc1ccc(Br)cc1N(CC1CC1)CC1CC1. The first-order valence-electron chi connectivity index (χ1n) is 8.00. The van der Waals surface area contributed by atoms with Crippen molar-refractivity contribution in [2.24, 2.45) is 11.8 Å². The maximum Gasteiger partial charge on any atom is 0.0423 e. The molecular weight excluding hydrogens is 312 g/mol. The third-order valence-corrected chi connectivity index (χ3v) is 4.80. The molecule has 0 bridgehead atoms. The standard InChI is InChI=1S/C17H25BrN2/c1-2-19-10-15-7-8-16(18)9-17(15)20(11-13-3-4-13)12-14-5-6-14/h7-9,13-14,19H,2-6,10-12H2,1H3. The molecule has 20 heavy (non-hydrogen) atoms. The van der Waals surface area contributed by atoms with E-state index in [1.165, 1.54) is 54.5 Å². The highest BCUT2D eigenvalue weighted by molar-refractivity contribution is 9.10. The Labute approximate surface area is 131 Å². The molecule has 0 amide bonds. The van der Waals surface area contributed by atoms with Crippen LogP contribution in [0.4, 0.5) is 5.69 Å². The van der Waals surface area contributed by atoms with Crippen molar-refractivity contribution >= 4 is 21.6 Å². The Kier molecular flexibility index (Phi) is 4.67. The second-order valence-electron chi connectivity index (χ2n) is 6.35. The van der Waals surface area contributed by atoms with Crippen LogP contribution in [-0.2, 0) is 6.54 Å². The second kappa shape index (κ2) is 6.48. The van der Waals surface area contributed by atoms with Gasteiger partial charge in [0.25, 0.3) is 0 Å². The minimum atomic E-state index is 0.944. The van der Waals surface area contributed by atoms with Gasteiger partial charge in [0.05, 0.1) is 0 Å². The van der Waals surface area contributed by atoms with Crippen LogP contribution in [0.15, 0.2) is 22.7 Å².